The van der Waals surface area contributed by atoms with Crippen molar-refractivity contribution < 1.29 is 14.4 Å². The standard InChI is InChI=1S/C11H18N2O2/c1-3-10(13-7-5-6-8-13)9-12-11(14)15-4-2/h1,10H,4-9H2,2H3,(H,12,14)/p+1/t10-/m0/s1. The van der Waals surface area contributed by atoms with Crippen molar-refractivity contribution in [1.82, 2.24) is 5.32 Å². The summed E-state index contributed by atoms with van der Waals surface area (Å²) >= 11 is 0. The van der Waals surface area contributed by atoms with E-state index in [1.807, 2.05) is 0 Å². The lowest BCUT2D eigenvalue weighted by atomic mass is 10.3. The van der Waals surface area contributed by atoms with Gasteiger partial charge >= 0.3 is 6.09 Å². The summed E-state index contributed by atoms with van der Waals surface area (Å²) in [4.78, 5) is 12.5. The summed E-state index contributed by atoms with van der Waals surface area (Å²) in [6.45, 7) is 4.90. The summed E-state index contributed by atoms with van der Waals surface area (Å²) in [5, 5.41) is 2.69. The van der Waals surface area contributed by atoms with Crippen molar-refractivity contribution in [2.45, 2.75) is 25.8 Å². The van der Waals surface area contributed by atoms with Crippen molar-refractivity contribution in [3.05, 3.63) is 0 Å². The number of nitrogens with one attached hydrogen (secondary N) is 2. The monoisotopic (exact) mass is 211 g/mol. The number of carbonyl (C=O) groups is 1. The Hall–Kier alpha value is -1.21. The van der Waals surface area contributed by atoms with E-state index in [-0.39, 0.29) is 12.1 Å². The number of hydrogen-bond donors (Lipinski definition) is 2. The Morgan fingerprint density at radius 1 is 1.60 bits per heavy atom. The fourth-order valence-electron chi connectivity index (χ4n) is 1.87. The van der Waals surface area contributed by atoms with Crippen LogP contribution in [0.15, 0.2) is 0 Å². The third kappa shape index (κ3) is 3.80. The molecule has 0 aromatic rings. The summed E-state index contributed by atoms with van der Waals surface area (Å²) in [6.07, 6.45) is 7.53. The molecule has 1 fully saturated rings. The first-order valence-electron chi connectivity index (χ1n) is 5.49. The van der Waals surface area contributed by atoms with Crippen LogP contribution in [0.4, 0.5) is 4.79 Å². The van der Waals surface area contributed by atoms with E-state index < -0.39 is 0 Å². The van der Waals surface area contributed by atoms with Gasteiger partial charge in [0.25, 0.3) is 0 Å². The van der Waals surface area contributed by atoms with Crippen molar-refractivity contribution >= 4 is 6.09 Å². The highest BCUT2D eigenvalue weighted by molar-refractivity contribution is 5.67. The maximum Gasteiger partial charge on any atom is 0.407 e. The third-order valence-electron chi connectivity index (χ3n) is 2.67. The van der Waals surface area contributed by atoms with E-state index in [4.69, 9.17) is 11.2 Å². The Morgan fingerprint density at radius 2 is 2.27 bits per heavy atom. The number of rotatable bonds is 4. The fraction of sp³-hybridized carbons (Fsp3) is 0.727. The first-order chi connectivity index (χ1) is 7.27. The number of alkyl carbamates (subject to hydrolysis) is 1. The molecular formula is C11H19N2O2+. The molecule has 84 valence electrons. The number of quaternary nitrogens is 1. The molecule has 1 saturated heterocycles. The van der Waals surface area contributed by atoms with Gasteiger partial charge < -0.3 is 15.0 Å². The Morgan fingerprint density at radius 3 is 2.80 bits per heavy atom. The molecule has 0 unspecified atom stereocenters. The van der Waals surface area contributed by atoms with E-state index in [0.717, 1.165) is 13.1 Å². The molecule has 0 saturated carbocycles. The lowest BCUT2D eigenvalue weighted by Crippen LogP contribution is -3.14. The number of carbonyl (C=O) groups excluding carboxylic acids is 1. The molecule has 0 aliphatic carbocycles. The van der Waals surface area contributed by atoms with Gasteiger partial charge in [-0.05, 0) is 12.8 Å². The first-order valence-corrected chi connectivity index (χ1v) is 5.49. The summed E-state index contributed by atoms with van der Waals surface area (Å²) in [6, 6.07) is 0.0805. The zero-order valence-electron chi connectivity index (χ0n) is 9.21. The number of likely N-dealkylation sites (tertiary alicyclic amines) is 1. The van der Waals surface area contributed by atoms with Gasteiger partial charge in [0, 0.05) is 12.8 Å². The second kappa shape index (κ2) is 6.31. The van der Waals surface area contributed by atoms with Gasteiger partial charge in [-0.2, -0.15) is 0 Å². The molecule has 0 aromatic carbocycles. The maximum absolute atomic E-state index is 11.1. The van der Waals surface area contributed by atoms with Crippen LogP contribution in [0.3, 0.4) is 0 Å². The van der Waals surface area contributed by atoms with Crippen LogP contribution in [0.1, 0.15) is 19.8 Å². The van der Waals surface area contributed by atoms with Crippen molar-refractivity contribution in [1.29, 1.82) is 0 Å². The van der Waals surface area contributed by atoms with Gasteiger partial charge in [0.05, 0.1) is 26.2 Å². The molecule has 0 spiro atoms. The molecule has 0 aromatic heterocycles. The second-order valence-electron chi connectivity index (χ2n) is 3.69. The number of ether oxygens (including phenoxy) is 1. The van der Waals surface area contributed by atoms with Crippen molar-refractivity contribution in [3.63, 3.8) is 0 Å². The molecule has 0 radical (unpaired) electrons. The summed E-state index contributed by atoms with van der Waals surface area (Å²) in [7, 11) is 0. The lowest BCUT2D eigenvalue weighted by molar-refractivity contribution is -0.903. The third-order valence-corrected chi connectivity index (χ3v) is 2.67. The predicted octanol–water partition coefficient (Wildman–Crippen LogP) is -0.587. The minimum absolute atomic E-state index is 0.0805. The zero-order valence-corrected chi connectivity index (χ0v) is 9.21. The SMILES string of the molecule is C#C[C@@H](CNC(=O)OCC)[NH+]1CCCC1. The van der Waals surface area contributed by atoms with Crippen LogP contribution in [0.2, 0.25) is 0 Å². The Balaban J connectivity index is 2.28. The number of hydrogen-bond acceptors (Lipinski definition) is 2. The fourth-order valence-corrected chi connectivity index (χ4v) is 1.87. The van der Waals surface area contributed by atoms with E-state index in [1.54, 1.807) is 6.92 Å². The summed E-state index contributed by atoms with van der Waals surface area (Å²) in [5.74, 6) is 2.73. The predicted molar refractivity (Wildman–Crippen MR) is 57.6 cm³/mol. The van der Waals surface area contributed by atoms with Gasteiger partial charge in [0.2, 0.25) is 0 Å². The quantitative estimate of drug-likeness (QED) is 0.611. The zero-order chi connectivity index (χ0) is 11.1. The van der Waals surface area contributed by atoms with Gasteiger partial charge in [0.15, 0.2) is 6.04 Å². The molecule has 0 bridgehead atoms. The Bertz CT molecular complexity index is 241. The Kier molecular flexibility index (Phi) is 4.99. The minimum atomic E-state index is -0.378. The topological polar surface area (TPSA) is 42.8 Å². The highest BCUT2D eigenvalue weighted by Gasteiger charge is 2.24. The van der Waals surface area contributed by atoms with E-state index >= 15 is 0 Å². The molecular weight excluding hydrogens is 192 g/mol. The van der Waals surface area contributed by atoms with Gasteiger partial charge in [-0.1, -0.05) is 0 Å². The molecule has 1 rings (SSSR count). The average molecular weight is 211 g/mol. The van der Waals surface area contributed by atoms with Crippen LogP contribution >= 0.6 is 0 Å². The Labute approximate surface area is 91.0 Å². The van der Waals surface area contributed by atoms with Crippen LogP contribution < -0.4 is 10.2 Å². The molecule has 1 heterocycles. The van der Waals surface area contributed by atoms with Crippen molar-refractivity contribution in [2.75, 3.05) is 26.2 Å². The summed E-state index contributed by atoms with van der Waals surface area (Å²) < 4.78 is 4.77. The minimum Gasteiger partial charge on any atom is -0.450 e. The van der Waals surface area contributed by atoms with Gasteiger partial charge in [-0.3, -0.25) is 0 Å². The number of terminal acetylenes is 1. The molecule has 1 aliphatic rings. The van der Waals surface area contributed by atoms with E-state index in [9.17, 15) is 4.79 Å². The van der Waals surface area contributed by atoms with Crippen LogP contribution in [0, 0.1) is 12.3 Å². The molecule has 4 nitrogen and oxygen atoms in total. The van der Waals surface area contributed by atoms with Crippen molar-refractivity contribution in [2.24, 2.45) is 0 Å². The van der Waals surface area contributed by atoms with Gasteiger partial charge in [-0.25, -0.2) is 4.79 Å². The smallest absolute Gasteiger partial charge is 0.407 e. The van der Waals surface area contributed by atoms with E-state index in [1.165, 1.54) is 17.7 Å². The highest BCUT2D eigenvalue weighted by Crippen LogP contribution is 1.90. The largest absolute Gasteiger partial charge is 0.450 e. The average Bonchev–Trinajstić information content (AvgIpc) is 2.72. The van der Waals surface area contributed by atoms with E-state index in [2.05, 4.69) is 11.2 Å². The number of amides is 1. The van der Waals surface area contributed by atoms with E-state index in [0.29, 0.717) is 13.2 Å². The molecule has 1 aliphatic heterocycles. The molecule has 4 heteroatoms. The molecule has 1 atom stereocenters. The second-order valence-corrected chi connectivity index (χ2v) is 3.69. The van der Waals surface area contributed by atoms with Gasteiger partial charge in [-0.15, -0.1) is 6.42 Å². The van der Waals surface area contributed by atoms with Crippen LogP contribution in [0.5, 0.6) is 0 Å². The van der Waals surface area contributed by atoms with Crippen LogP contribution in [-0.4, -0.2) is 38.4 Å². The normalized spacial score (nSPS) is 18.1. The van der Waals surface area contributed by atoms with Gasteiger partial charge in [0.1, 0.15) is 0 Å². The highest BCUT2D eigenvalue weighted by atomic mass is 16.5. The van der Waals surface area contributed by atoms with Crippen molar-refractivity contribution in [3.8, 4) is 12.3 Å². The summed E-state index contributed by atoms with van der Waals surface area (Å²) in [5.41, 5.74) is 0. The van der Waals surface area contributed by atoms with Crippen LogP contribution in [0.25, 0.3) is 0 Å². The van der Waals surface area contributed by atoms with Crippen LogP contribution in [-0.2, 0) is 4.74 Å². The molecule has 2 N–H and O–H groups in total. The maximum atomic E-state index is 11.1. The lowest BCUT2D eigenvalue weighted by Gasteiger charge is -2.19. The first kappa shape index (κ1) is 11.9. The molecule has 1 amide bonds. The molecule has 15 heavy (non-hydrogen) atoms.